The number of methoxy groups -OCH3 is 3. The van der Waals surface area contributed by atoms with Gasteiger partial charge in [0.1, 0.15) is 21.2 Å². The van der Waals surface area contributed by atoms with Crippen molar-refractivity contribution < 1.29 is 55.2 Å². The maximum Gasteiger partial charge on any atom is 0.309 e. The van der Waals surface area contributed by atoms with Crippen LogP contribution in [0.4, 0.5) is 11.4 Å². The molecule has 2 aromatic heterocycles. The maximum absolute atomic E-state index is 13.3. The molecule has 0 aliphatic rings. The van der Waals surface area contributed by atoms with Gasteiger partial charge in [-0.1, -0.05) is 58.5 Å². The normalized spacial score (nSPS) is 11.4. The molecule has 0 saturated heterocycles. The maximum atomic E-state index is 13.3. The van der Waals surface area contributed by atoms with Crippen LogP contribution < -0.4 is 28.4 Å². The largest absolute Gasteiger partial charge is 0.493 e. The molecule has 2 heterocycles. The number of halogens is 4. The van der Waals surface area contributed by atoms with Crippen molar-refractivity contribution in [3.63, 3.8) is 0 Å². The van der Waals surface area contributed by atoms with Crippen LogP contribution in [0.1, 0.15) is 22.5 Å². The molecule has 5 N–H and O–H groups in total. The van der Waals surface area contributed by atoms with Crippen LogP contribution >= 0.6 is 46.4 Å². The van der Waals surface area contributed by atoms with Crippen LogP contribution in [0.2, 0.25) is 20.1 Å². The minimum atomic E-state index is -4.12. The zero-order valence-electron chi connectivity index (χ0n) is 38.1. The fraction of sp³-hybridized carbons (Fsp3) is 0.143. The number of carboxylic acid groups (broad SMARTS) is 1. The molecule has 0 aliphatic carbocycles. The molecule has 0 aliphatic heterocycles. The van der Waals surface area contributed by atoms with Gasteiger partial charge in [-0.3, -0.25) is 19.0 Å². The number of aliphatic carboxylic acids is 1. The Balaban J connectivity index is 0.000000209. The Morgan fingerprint density at radius 3 is 1.32 bits per heavy atom. The molecule has 370 valence electrons. The number of carbonyl (C=O) groups excluding carboxylic acids is 1. The molecule has 0 bridgehead atoms. The van der Waals surface area contributed by atoms with Crippen molar-refractivity contribution in [3.8, 4) is 34.5 Å². The number of carbonyl (C=O) groups is 2. The van der Waals surface area contributed by atoms with Crippen LogP contribution in [0.25, 0.3) is 21.8 Å². The lowest BCUT2D eigenvalue weighted by Gasteiger charge is -2.17. The Kier molecular flexibility index (Phi) is 15.9. The monoisotopic (exact) mass is 1080 g/mol. The van der Waals surface area contributed by atoms with E-state index in [1.165, 1.54) is 57.7 Å². The molecular weight excluding hydrogens is 1040 g/mol. The number of aryl methyl sites for hydroxylation is 2. The van der Waals surface area contributed by atoms with E-state index in [4.69, 9.17) is 75.2 Å². The number of hydrogen-bond donors (Lipinski definition) is 5. The molecule has 22 heteroatoms. The number of benzene rings is 6. The summed E-state index contributed by atoms with van der Waals surface area (Å²) in [6.07, 6.45) is -0.118. The third-order valence-corrected chi connectivity index (χ3v) is 14.6. The molecule has 0 fully saturated rings. The Morgan fingerprint density at radius 1 is 0.535 bits per heavy atom. The molecule has 0 radical (unpaired) electrons. The number of anilines is 2. The fourth-order valence-electron chi connectivity index (χ4n) is 7.26. The number of carboxylic acids is 1. The number of fused-ring (bicyclic) bond motifs is 2. The van der Waals surface area contributed by atoms with Gasteiger partial charge < -0.3 is 38.8 Å². The lowest BCUT2D eigenvalue weighted by molar-refractivity contribution is -0.140. The number of nitrogens with one attached hydrogen (secondary N) is 4. The zero-order valence-corrected chi connectivity index (χ0v) is 42.7. The lowest BCUT2D eigenvalue weighted by atomic mass is 10.1. The van der Waals surface area contributed by atoms with Gasteiger partial charge in [0.15, 0.2) is 34.5 Å². The number of rotatable bonds is 16. The summed E-state index contributed by atoms with van der Waals surface area (Å²) in [5, 5.41) is 10.8. The van der Waals surface area contributed by atoms with Gasteiger partial charge in [-0.25, -0.2) is 16.8 Å². The highest BCUT2D eigenvalue weighted by Gasteiger charge is 2.25. The first-order valence-electron chi connectivity index (χ1n) is 20.9. The molecule has 8 aromatic rings. The summed E-state index contributed by atoms with van der Waals surface area (Å²) in [7, 11) is -4.03. The Morgan fingerprint density at radius 2 is 0.944 bits per heavy atom. The summed E-state index contributed by atoms with van der Waals surface area (Å²) < 4.78 is 86.1. The molecule has 0 spiro atoms. The second-order valence-corrected chi connectivity index (χ2v) is 20.6. The Hall–Kier alpha value is -6.80. The predicted octanol–water partition coefficient (Wildman–Crippen LogP) is 12.1. The number of ether oxygens (including phenoxy) is 5. The predicted molar refractivity (Wildman–Crippen MR) is 274 cm³/mol. The summed E-state index contributed by atoms with van der Waals surface area (Å²) in [5.41, 5.74) is 4.64. The third-order valence-electron chi connectivity index (χ3n) is 10.5. The molecule has 16 nitrogen and oxygen atoms in total. The third kappa shape index (κ3) is 12.2. The van der Waals surface area contributed by atoms with E-state index in [0.717, 1.165) is 11.4 Å². The van der Waals surface area contributed by atoms with Crippen LogP contribution in [0.5, 0.6) is 34.5 Å². The van der Waals surface area contributed by atoms with E-state index in [0.29, 0.717) is 60.2 Å². The number of esters is 1. The van der Waals surface area contributed by atoms with Gasteiger partial charge in [-0.05, 0) is 122 Å². The Labute approximate surface area is 427 Å². The molecule has 71 heavy (non-hydrogen) atoms. The van der Waals surface area contributed by atoms with Crippen LogP contribution in [0, 0.1) is 13.8 Å². The summed E-state index contributed by atoms with van der Waals surface area (Å²) >= 11 is 24.2. The van der Waals surface area contributed by atoms with Crippen molar-refractivity contribution in [2.24, 2.45) is 0 Å². The van der Waals surface area contributed by atoms with Gasteiger partial charge in [0.25, 0.3) is 20.0 Å². The summed E-state index contributed by atoms with van der Waals surface area (Å²) in [5.74, 6) is 0.313. The van der Waals surface area contributed by atoms with Crippen LogP contribution in [-0.4, -0.2) is 65.2 Å². The highest BCUT2D eigenvalue weighted by molar-refractivity contribution is 7.93. The molecular formula is C49H42Cl4N4O12S2. The number of aromatic amines is 2. The van der Waals surface area contributed by atoms with E-state index < -0.39 is 32.0 Å². The minimum Gasteiger partial charge on any atom is -0.493 e. The van der Waals surface area contributed by atoms with E-state index in [9.17, 15) is 26.4 Å². The number of hydrogen-bond acceptors (Lipinski definition) is 11. The quantitative estimate of drug-likeness (QED) is 0.0570. The molecule has 0 atom stereocenters. The van der Waals surface area contributed by atoms with E-state index in [2.05, 4.69) is 19.4 Å². The van der Waals surface area contributed by atoms with E-state index >= 15 is 0 Å². The summed E-state index contributed by atoms with van der Waals surface area (Å²) in [6.45, 7) is 3.71. The number of aromatic nitrogens is 2. The topological polar surface area (TPSA) is 224 Å². The molecule has 0 saturated carbocycles. The van der Waals surface area contributed by atoms with Crippen molar-refractivity contribution in [1.29, 1.82) is 0 Å². The first-order valence-corrected chi connectivity index (χ1v) is 25.3. The van der Waals surface area contributed by atoms with E-state index in [-0.39, 0.29) is 61.3 Å². The zero-order chi connectivity index (χ0) is 51.4. The highest BCUT2D eigenvalue weighted by atomic mass is 35.5. The molecule has 6 aromatic carbocycles. The minimum absolute atomic E-state index is 0.0160. The average molecular weight is 1080 g/mol. The molecule has 0 amide bonds. The van der Waals surface area contributed by atoms with Crippen molar-refractivity contribution in [1.82, 2.24) is 9.97 Å². The van der Waals surface area contributed by atoms with Gasteiger partial charge in [-0.15, -0.1) is 0 Å². The fourth-order valence-corrected chi connectivity index (χ4v) is 11.0. The standard InChI is InChI=1S/C25H22Cl2N2O6S.C24H20Cl2N2O6S/c1-14-10-17-19(28-14)6-8-21(25(17)29-36(31,32)23-9-5-16(26)13-18(23)27)35-20-7-4-15(11-22(20)33-2)12-24(30)34-3;1-13-9-16-18(27-13)5-7-20(34-19-6-3-14(11-23(29)30)10-21(19)33-2)24(16)28-35(31,32)22-8-4-15(25)12-17(22)26/h4-11,13,28-29H,12H2,1-3H3;3-10,12,27-28H,11H2,1-2H3,(H,29,30). The van der Waals surface area contributed by atoms with Gasteiger partial charge in [0.05, 0.1) is 44.2 Å². The van der Waals surface area contributed by atoms with Crippen LogP contribution in [0.15, 0.2) is 119 Å². The highest BCUT2D eigenvalue weighted by Crippen LogP contribution is 2.43. The summed E-state index contributed by atoms with van der Waals surface area (Å²) in [6, 6.07) is 28.3. The smallest absolute Gasteiger partial charge is 0.309 e. The van der Waals surface area contributed by atoms with E-state index in [1.807, 2.05) is 13.8 Å². The van der Waals surface area contributed by atoms with Crippen molar-refractivity contribution in [2.75, 3.05) is 30.8 Å². The second kappa shape index (κ2) is 21.7. The van der Waals surface area contributed by atoms with Gasteiger partial charge >= 0.3 is 11.9 Å². The van der Waals surface area contributed by atoms with Crippen molar-refractivity contribution in [3.05, 3.63) is 152 Å². The number of H-pyrrole nitrogens is 2. The van der Waals surface area contributed by atoms with Crippen molar-refractivity contribution >= 4 is 112 Å². The molecule has 0 unspecified atom stereocenters. The van der Waals surface area contributed by atoms with Crippen LogP contribution in [0.3, 0.4) is 0 Å². The first kappa shape index (κ1) is 52.0. The summed E-state index contributed by atoms with van der Waals surface area (Å²) in [4.78, 5) is 28.8. The van der Waals surface area contributed by atoms with Crippen LogP contribution in [-0.2, 0) is 47.2 Å². The van der Waals surface area contributed by atoms with Gasteiger partial charge in [0, 0.05) is 43.2 Å². The average Bonchev–Trinajstić information content (AvgIpc) is 3.89. The van der Waals surface area contributed by atoms with Gasteiger partial charge in [-0.2, -0.15) is 0 Å². The SMILES string of the molecule is COC(=O)Cc1ccc(Oc2ccc3[nH]c(C)cc3c2NS(=O)(=O)c2ccc(Cl)cc2Cl)c(OC)c1.COc1cc(CC(=O)O)ccc1Oc1ccc2[nH]c(C)cc2c1NS(=O)(=O)c1ccc(Cl)cc1Cl. The van der Waals surface area contributed by atoms with Gasteiger partial charge in [0.2, 0.25) is 0 Å². The Bertz CT molecular complexity index is 3580. The number of sulfonamides is 2. The first-order chi connectivity index (χ1) is 33.7. The second-order valence-electron chi connectivity index (χ2n) is 15.6. The lowest BCUT2D eigenvalue weighted by Crippen LogP contribution is -2.14. The van der Waals surface area contributed by atoms with Crippen molar-refractivity contribution in [2.45, 2.75) is 36.5 Å². The molecule has 8 rings (SSSR count). The van der Waals surface area contributed by atoms with E-state index in [1.54, 1.807) is 72.8 Å².